The fraction of sp³-hybridized carbons (Fsp3) is 0.708. The van der Waals surface area contributed by atoms with E-state index in [-0.39, 0.29) is 5.41 Å². The molecule has 3 N–H and O–H groups in total. The first-order valence-corrected chi connectivity index (χ1v) is 11.4. The average Bonchev–Trinajstić information content (AvgIpc) is 2.62. The Morgan fingerprint density at radius 1 is 1.00 bits per heavy atom. The molecule has 146 valence electrons. The molecule has 3 heteroatoms. The highest BCUT2D eigenvalue weighted by molar-refractivity contribution is 7.80. The molecule has 27 heavy (non-hydrogen) atoms. The summed E-state index contributed by atoms with van der Waals surface area (Å²) in [5.74, 6) is 0.839. The van der Waals surface area contributed by atoms with Gasteiger partial charge in [0, 0.05) is 17.5 Å². The van der Waals surface area contributed by atoms with Gasteiger partial charge in [0.25, 0.3) is 0 Å². The molecule has 1 aromatic carbocycles. The summed E-state index contributed by atoms with van der Waals surface area (Å²) in [6.07, 6.45) is 12.6. The third-order valence-corrected chi connectivity index (χ3v) is 8.87. The Bertz CT molecular complexity index is 725. The molecule has 0 aromatic heterocycles. The van der Waals surface area contributed by atoms with Crippen LogP contribution in [0.5, 0.6) is 0 Å². The van der Waals surface area contributed by atoms with Crippen molar-refractivity contribution in [2.24, 2.45) is 22.5 Å². The Morgan fingerprint density at radius 3 is 2.44 bits per heavy atom. The molecule has 6 rings (SSSR count). The van der Waals surface area contributed by atoms with E-state index in [1.54, 1.807) is 5.56 Å². The predicted molar refractivity (Wildman–Crippen MR) is 116 cm³/mol. The van der Waals surface area contributed by atoms with Gasteiger partial charge in [0.2, 0.25) is 0 Å². The molecule has 2 unspecified atom stereocenters. The van der Waals surface area contributed by atoms with E-state index in [4.69, 9.17) is 18.0 Å². The Kier molecular flexibility index (Phi) is 4.22. The zero-order chi connectivity index (χ0) is 18.7. The molecule has 5 aliphatic rings. The summed E-state index contributed by atoms with van der Waals surface area (Å²) in [7, 11) is 0. The van der Waals surface area contributed by atoms with Crippen LogP contribution in [0.25, 0.3) is 0 Å². The summed E-state index contributed by atoms with van der Waals surface area (Å²) in [6.45, 7) is 2.55. The second-order valence-corrected chi connectivity index (χ2v) is 11.2. The Morgan fingerprint density at radius 2 is 1.74 bits per heavy atom. The molecule has 0 aliphatic heterocycles. The average molecular weight is 383 g/mol. The normalized spacial score (nSPS) is 45.6. The quantitative estimate of drug-likeness (QED) is 0.714. The van der Waals surface area contributed by atoms with Gasteiger partial charge in [0.15, 0.2) is 0 Å². The lowest BCUT2D eigenvalue weighted by molar-refractivity contribution is -0.0874. The maximum Gasteiger partial charge on any atom is 0.0818 e. The van der Waals surface area contributed by atoms with Gasteiger partial charge in [-0.25, -0.2) is 0 Å². The fourth-order valence-electron chi connectivity index (χ4n) is 7.89. The van der Waals surface area contributed by atoms with Gasteiger partial charge in [-0.15, -0.1) is 0 Å². The molecule has 0 radical (unpaired) electrons. The summed E-state index contributed by atoms with van der Waals surface area (Å²) in [4.78, 5) is 1.19. The number of benzene rings is 1. The van der Waals surface area contributed by atoms with Crippen molar-refractivity contribution >= 4 is 17.2 Å². The summed E-state index contributed by atoms with van der Waals surface area (Å²) >= 11 is 6.16. The molecule has 0 spiro atoms. The van der Waals surface area contributed by atoms with E-state index in [2.05, 4.69) is 42.6 Å². The van der Waals surface area contributed by atoms with Crippen molar-refractivity contribution in [1.82, 2.24) is 5.32 Å². The molecule has 0 saturated heterocycles. The first kappa shape index (κ1) is 18.1. The second-order valence-electron chi connectivity index (χ2n) is 10.8. The van der Waals surface area contributed by atoms with Crippen LogP contribution in [0.15, 0.2) is 30.3 Å². The number of hydrogen-bond donors (Lipinski definition) is 2. The minimum Gasteiger partial charge on any atom is -0.376 e. The van der Waals surface area contributed by atoms with Crippen molar-refractivity contribution in [3.05, 3.63) is 35.9 Å². The molecule has 2 nitrogen and oxygen atoms in total. The van der Waals surface area contributed by atoms with Gasteiger partial charge in [0.1, 0.15) is 0 Å². The Balaban J connectivity index is 1.43. The molecule has 0 heterocycles. The van der Waals surface area contributed by atoms with Gasteiger partial charge in [-0.2, -0.15) is 0 Å². The van der Waals surface area contributed by atoms with E-state index in [1.807, 2.05) is 0 Å². The van der Waals surface area contributed by atoms with Crippen molar-refractivity contribution in [3.8, 4) is 0 Å². The number of hydrogen-bond acceptors (Lipinski definition) is 2. The van der Waals surface area contributed by atoms with Crippen molar-refractivity contribution in [1.29, 1.82) is 0 Å². The second kappa shape index (κ2) is 6.29. The number of nitrogens with two attached hydrogens (primary N) is 1. The zero-order valence-electron chi connectivity index (χ0n) is 16.7. The smallest absolute Gasteiger partial charge is 0.0818 e. The predicted octanol–water partition coefficient (Wildman–Crippen LogP) is 5.10. The van der Waals surface area contributed by atoms with E-state index in [0.29, 0.717) is 22.9 Å². The van der Waals surface area contributed by atoms with Crippen LogP contribution >= 0.6 is 12.2 Å². The first-order chi connectivity index (χ1) is 12.9. The monoisotopic (exact) mass is 382 g/mol. The Labute approximate surface area is 169 Å². The van der Waals surface area contributed by atoms with Crippen LogP contribution < -0.4 is 11.1 Å². The molecule has 4 atom stereocenters. The minimum absolute atomic E-state index is 0.221. The number of rotatable bonds is 3. The van der Waals surface area contributed by atoms with E-state index in [9.17, 15) is 0 Å². The number of thiocarbonyl (C=S) groups is 1. The SMILES string of the molecule is C[C@@]12CC3CC(C(=S)NC4CCC(N)CC4)(C1)C[C@](c1ccccc1)(C3)C2. The first-order valence-electron chi connectivity index (χ1n) is 11.0. The molecule has 1 aromatic rings. The van der Waals surface area contributed by atoms with Crippen molar-refractivity contribution in [3.63, 3.8) is 0 Å². The minimum atomic E-state index is 0.221. The van der Waals surface area contributed by atoms with Crippen molar-refractivity contribution in [2.75, 3.05) is 0 Å². The Hall–Kier alpha value is -0.930. The third kappa shape index (κ3) is 3.06. The molecule has 5 fully saturated rings. The van der Waals surface area contributed by atoms with Gasteiger partial charge < -0.3 is 11.1 Å². The maximum absolute atomic E-state index is 6.16. The van der Waals surface area contributed by atoms with Crippen LogP contribution in [-0.4, -0.2) is 17.1 Å². The van der Waals surface area contributed by atoms with E-state index >= 15 is 0 Å². The van der Waals surface area contributed by atoms with Gasteiger partial charge >= 0.3 is 0 Å². The van der Waals surface area contributed by atoms with Crippen LogP contribution in [0.3, 0.4) is 0 Å². The van der Waals surface area contributed by atoms with Crippen LogP contribution in [0.2, 0.25) is 0 Å². The van der Waals surface area contributed by atoms with Crippen LogP contribution in [0.4, 0.5) is 0 Å². The van der Waals surface area contributed by atoms with Crippen LogP contribution in [0.1, 0.15) is 76.7 Å². The fourth-order valence-corrected chi connectivity index (χ4v) is 8.28. The molecule has 4 bridgehead atoms. The summed E-state index contributed by atoms with van der Waals surface area (Å²) in [5, 5.41) is 3.86. The summed E-state index contributed by atoms with van der Waals surface area (Å²) < 4.78 is 0. The lowest BCUT2D eigenvalue weighted by Gasteiger charge is -2.66. The van der Waals surface area contributed by atoms with E-state index in [1.165, 1.54) is 56.4 Å². The summed E-state index contributed by atoms with van der Waals surface area (Å²) in [5.41, 5.74) is 8.70. The van der Waals surface area contributed by atoms with Crippen molar-refractivity contribution in [2.45, 2.75) is 88.6 Å². The van der Waals surface area contributed by atoms with Crippen LogP contribution in [-0.2, 0) is 5.41 Å². The lowest BCUT2D eigenvalue weighted by atomic mass is 9.39. The van der Waals surface area contributed by atoms with Crippen molar-refractivity contribution < 1.29 is 0 Å². The van der Waals surface area contributed by atoms with Gasteiger partial charge in [-0.1, -0.05) is 49.5 Å². The molecule has 5 saturated carbocycles. The van der Waals surface area contributed by atoms with Gasteiger partial charge in [-0.3, -0.25) is 0 Å². The van der Waals surface area contributed by atoms with Gasteiger partial charge in [0.05, 0.1) is 4.99 Å². The zero-order valence-corrected chi connectivity index (χ0v) is 17.5. The molecule has 0 amide bonds. The molecule has 5 aliphatic carbocycles. The van der Waals surface area contributed by atoms with Crippen LogP contribution in [0, 0.1) is 16.7 Å². The third-order valence-electron chi connectivity index (χ3n) is 8.32. The lowest BCUT2D eigenvalue weighted by Crippen LogP contribution is -2.62. The largest absolute Gasteiger partial charge is 0.376 e. The highest BCUT2D eigenvalue weighted by Gasteiger charge is 2.63. The maximum atomic E-state index is 6.16. The molecular formula is C24H34N2S. The highest BCUT2D eigenvalue weighted by Crippen LogP contribution is 2.70. The summed E-state index contributed by atoms with van der Waals surface area (Å²) in [6, 6.07) is 12.3. The standard InChI is InChI=1S/C24H34N2S/c1-22-11-17-12-23(14-22,18-5-3-2-4-6-18)16-24(13-17,15-22)21(27)26-20-9-7-19(25)8-10-20/h2-6,17,19-20H,7-16,25H2,1H3,(H,26,27)/t17?,19?,20?,22-,23-,24?/m0/s1. The van der Waals surface area contributed by atoms with E-state index < -0.39 is 0 Å². The molecular weight excluding hydrogens is 348 g/mol. The van der Waals surface area contributed by atoms with Gasteiger partial charge in [-0.05, 0) is 86.5 Å². The van der Waals surface area contributed by atoms with E-state index in [0.717, 1.165) is 18.8 Å². The topological polar surface area (TPSA) is 38.0 Å². The highest BCUT2D eigenvalue weighted by atomic mass is 32.1. The number of nitrogens with one attached hydrogen (secondary N) is 1.